The molecule has 2 aromatic rings. The van der Waals surface area contributed by atoms with Gasteiger partial charge in [0.1, 0.15) is 5.75 Å². The molecule has 5 atom stereocenters. The van der Waals surface area contributed by atoms with Crippen LogP contribution in [0, 0.1) is 17.3 Å². The van der Waals surface area contributed by atoms with Gasteiger partial charge in [-0.25, -0.2) is 0 Å². The van der Waals surface area contributed by atoms with E-state index >= 15 is 0 Å². The van der Waals surface area contributed by atoms with Crippen LogP contribution in [0.2, 0.25) is 0 Å². The molecule has 8 nitrogen and oxygen atoms in total. The monoisotopic (exact) mass is 529 g/mol. The van der Waals surface area contributed by atoms with Crippen molar-refractivity contribution < 1.29 is 32.8 Å². The molecule has 3 aliphatic rings. The van der Waals surface area contributed by atoms with Gasteiger partial charge >= 0.3 is 0 Å². The first kappa shape index (κ1) is 26.2. The summed E-state index contributed by atoms with van der Waals surface area (Å²) in [6.07, 6.45) is 6.66. The largest absolute Gasteiger partial charge is 0.493 e. The molecule has 3 aliphatic carbocycles. The number of rotatable bonds is 8. The van der Waals surface area contributed by atoms with Crippen LogP contribution in [-0.2, 0) is 15.7 Å². The second-order valence-corrected chi connectivity index (χ2v) is 10.9. The number of ether oxygens (including phenoxy) is 3. The number of nitrogens with two attached hydrogens (primary N) is 1. The number of hydrogen-bond donors (Lipinski definition) is 2. The molecule has 5 rings (SSSR count). The van der Waals surface area contributed by atoms with Gasteiger partial charge in [0.2, 0.25) is 5.75 Å². The number of methoxy groups -OCH3 is 3. The minimum Gasteiger partial charge on any atom is -0.493 e. The number of aliphatic hydroxyl groups excluding tert-OH is 1. The Balaban J connectivity index is 1.40. The summed E-state index contributed by atoms with van der Waals surface area (Å²) in [5.41, 5.74) is 4.61. The van der Waals surface area contributed by atoms with Crippen molar-refractivity contribution in [1.82, 2.24) is 0 Å². The van der Waals surface area contributed by atoms with Gasteiger partial charge < -0.3 is 23.5 Å². The summed E-state index contributed by atoms with van der Waals surface area (Å²) in [7, 11) is 4.83. The van der Waals surface area contributed by atoms with E-state index in [1.807, 2.05) is 18.2 Å². The maximum Gasteiger partial charge on any atom is 0.260 e. The third-order valence-electron chi connectivity index (χ3n) is 8.80. The second kappa shape index (κ2) is 10.7. The molecule has 2 fully saturated rings. The maximum atomic E-state index is 11.6. The van der Waals surface area contributed by atoms with Crippen LogP contribution in [0.3, 0.4) is 0 Å². The first-order chi connectivity index (χ1) is 17.9. The lowest BCUT2D eigenvalue weighted by atomic mass is 9.55. The lowest BCUT2D eigenvalue weighted by molar-refractivity contribution is -0.199. The van der Waals surface area contributed by atoms with E-state index < -0.39 is 6.10 Å². The highest BCUT2D eigenvalue weighted by atomic mass is 32.2. The summed E-state index contributed by atoms with van der Waals surface area (Å²) in [5, 5.41) is 11.6. The van der Waals surface area contributed by atoms with Gasteiger partial charge in [0.05, 0.1) is 27.4 Å². The Morgan fingerprint density at radius 3 is 2.49 bits per heavy atom. The number of aliphatic hydroxyl groups is 1. The van der Waals surface area contributed by atoms with E-state index in [-0.39, 0.29) is 5.41 Å². The summed E-state index contributed by atoms with van der Waals surface area (Å²) < 4.78 is 26.6. The smallest absolute Gasteiger partial charge is 0.260 e. The van der Waals surface area contributed by atoms with Gasteiger partial charge in [-0.1, -0.05) is 19.1 Å². The summed E-state index contributed by atoms with van der Waals surface area (Å²) >= 11 is 0.695. The molecule has 37 heavy (non-hydrogen) atoms. The third kappa shape index (κ3) is 4.68. The van der Waals surface area contributed by atoms with Gasteiger partial charge in [-0.2, -0.15) is 5.90 Å². The Kier molecular flexibility index (Phi) is 7.60. The van der Waals surface area contributed by atoms with Crippen molar-refractivity contribution in [2.24, 2.45) is 23.1 Å². The zero-order chi connectivity index (χ0) is 26.2. The van der Waals surface area contributed by atoms with E-state index in [9.17, 15) is 5.11 Å². The summed E-state index contributed by atoms with van der Waals surface area (Å²) in [4.78, 5) is 4.08. The van der Waals surface area contributed by atoms with Crippen molar-refractivity contribution in [2.45, 2.75) is 51.0 Å². The van der Waals surface area contributed by atoms with Crippen molar-refractivity contribution >= 4 is 18.4 Å². The lowest BCUT2D eigenvalue weighted by Gasteiger charge is -2.49. The predicted octanol–water partition coefficient (Wildman–Crippen LogP) is 5.39. The molecule has 3 N–H and O–H groups in total. The van der Waals surface area contributed by atoms with E-state index in [0.717, 1.165) is 43.2 Å². The van der Waals surface area contributed by atoms with Crippen molar-refractivity contribution in [3.8, 4) is 23.0 Å². The molecule has 0 radical (unpaired) electrons. The van der Waals surface area contributed by atoms with E-state index in [2.05, 4.69) is 34.5 Å². The normalized spacial score (nSPS) is 29.3. The first-order valence-corrected chi connectivity index (χ1v) is 13.3. The highest BCUT2D eigenvalue weighted by molar-refractivity contribution is 7.90. The van der Waals surface area contributed by atoms with E-state index in [1.54, 1.807) is 21.3 Å². The van der Waals surface area contributed by atoms with Gasteiger partial charge in [-0.05, 0) is 96.4 Å². The van der Waals surface area contributed by atoms with Gasteiger partial charge in [-0.3, -0.25) is 0 Å². The Labute approximate surface area is 222 Å². The maximum absolute atomic E-state index is 11.6. The zero-order valence-electron chi connectivity index (χ0n) is 21.7. The molecule has 2 aromatic carbocycles. The zero-order valence-corrected chi connectivity index (χ0v) is 22.5. The molecule has 0 bridgehead atoms. The van der Waals surface area contributed by atoms with Gasteiger partial charge in [0, 0.05) is 5.41 Å². The van der Waals surface area contributed by atoms with Crippen LogP contribution in [0.25, 0.3) is 6.08 Å². The molecule has 3 unspecified atom stereocenters. The summed E-state index contributed by atoms with van der Waals surface area (Å²) in [6.45, 7) is 2.28. The Morgan fingerprint density at radius 1 is 1.05 bits per heavy atom. The van der Waals surface area contributed by atoms with Crippen LogP contribution in [0.4, 0.5) is 0 Å². The molecular weight excluding hydrogens is 494 g/mol. The van der Waals surface area contributed by atoms with Crippen molar-refractivity contribution in [3.63, 3.8) is 0 Å². The molecule has 200 valence electrons. The fourth-order valence-corrected chi connectivity index (χ4v) is 7.32. The highest BCUT2D eigenvalue weighted by Gasteiger charge is 2.56. The van der Waals surface area contributed by atoms with Crippen molar-refractivity contribution in [1.29, 1.82) is 0 Å². The summed E-state index contributed by atoms with van der Waals surface area (Å²) in [6, 6.07) is 10.1. The number of hydrogen-bond acceptors (Lipinski definition) is 9. The molecule has 0 heterocycles. The molecule has 0 spiro atoms. The molecule has 0 amide bonds. The van der Waals surface area contributed by atoms with Crippen molar-refractivity contribution in [2.75, 3.05) is 21.3 Å². The van der Waals surface area contributed by atoms with Crippen LogP contribution >= 0.6 is 12.3 Å². The molecule has 9 heteroatoms. The molecular formula is C28H35NO7S. The number of fused-ring (bicyclic) bond motifs is 5. The SMILES string of the molecule is COc1cc(C=C2CC3C4CCc5cc(OSOON)ccc5C4CC[C@]3(C)[C@H]2O)cc(OC)c1OC. The first-order valence-electron chi connectivity index (χ1n) is 12.6. The average Bonchev–Trinajstić information content (AvgIpc) is 3.17. The Bertz CT molecular complexity index is 1150. The van der Waals surface area contributed by atoms with E-state index in [0.29, 0.717) is 53.1 Å². The third-order valence-corrected chi connectivity index (χ3v) is 9.20. The Hall–Kier alpha value is -2.43. The summed E-state index contributed by atoms with van der Waals surface area (Å²) in [5.74, 6) is 8.80. The standard InChI is InChI=1S/C28H35NO7S/c1-28-10-9-21-20-8-6-19(34-37-36-35-29)14-17(20)5-7-22(21)23(28)15-18(27(28)30)11-16-12-24(31-2)26(33-4)25(13-16)32-3/h6,8,11-14,21-23,27,30H,5,7,9-10,15,29H2,1-4H3/t21?,22?,23?,27-,28-/m0/s1. The van der Waals surface area contributed by atoms with Crippen LogP contribution in [0.5, 0.6) is 23.0 Å². The minimum absolute atomic E-state index is 0.135. The van der Waals surface area contributed by atoms with Crippen LogP contribution in [-0.4, -0.2) is 32.5 Å². The molecule has 0 saturated heterocycles. The van der Waals surface area contributed by atoms with Crippen LogP contribution in [0.1, 0.15) is 55.2 Å². The van der Waals surface area contributed by atoms with Gasteiger partial charge in [0.15, 0.2) is 11.5 Å². The predicted molar refractivity (Wildman–Crippen MR) is 141 cm³/mol. The van der Waals surface area contributed by atoms with E-state index in [1.165, 1.54) is 11.1 Å². The highest BCUT2D eigenvalue weighted by Crippen LogP contribution is 2.62. The fourth-order valence-electron chi connectivity index (χ4n) is 7.08. The second-order valence-electron chi connectivity index (χ2n) is 10.4. The van der Waals surface area contributed by atoms with Crippen LogP contribution < -0.4 is 24.3 Å². The molecule has 0 aliphatic heterocycles. The van der Waals surface area contributed by atoms with E-state index in [4.69, 9.17) is 24.3 Å². The molecule has 0 aromatic heterocycles. The van der Waals surface area contributed by atoms with Crippen LogP contribution in [0.15, 0.2) is 35.9 Å². The minimum atomic E-state index is -0.475. The quantitative estimate of drug-likeness (QED) is 0.202. The number of benzene rings is 2. The van der Waals surface area contributed by atoms with Gasteiger partial charge in [0.25, 0.3) is 12.3 Å². The molecule has 2 saturated carbocycles. The fraction of sp³-hybridized carbons (Fsp3) is 0.500. The van der Waals surface area contributed by atoms with Gasteiger partial charge in [-0.15, -0.1) is 9.32 Å². The topological polar surface area (TPSA) is 102 Å². The number of aryl methyl sites for hydroxylation is 1. The Morgan fingerprint density at radius 2 is 1.81 bits per heavy atom. The average molecular weight is 530 g/mol. The van der Waals surface area contributed by atoms with Crippen molar-refractivity contribution in [3.05, 3.63) is 52.6 Å². The lowest BCUT2D eigenvalue weighted by Crippen LogP contribution is -2.44.